The molecule has 1 amide bonds. The highest BCUT2D eigenvalue weighted by atomic mass is 79.9. The van der Waals surface area contributed by atoms with Crippen LogP contribution in [0.15, 0.2) is 35.6 Å². The minimum Gasteiger partial charge on any atom is -0.477 e. The Kier molecular flexibility index (Phi) is 7.22. The zero-order valence-corrected chi connectivity index (χ0v) is 18.3. The Balaban J connectivity index is 1.52. The van der Waals surface area contributed by atoms with Gasteiger partial charge < -0.3 is 9.64 Å². The molecule has 0 spiro atoms. The van der Waals surface area contributed by atoms with Crippen LogP contribution < -0.4 is 4.74 Å². The summed E-state index contributed by atoms with van der Waals surface area (Å²) in [7, 11) is 0. The van der Waals surface area contributed by atoms with Gasteiger partial charge in [0.1, 0.15) is 21.3 Å². The number of carbonyl (C=O) groups excluding carboxylic acids is 1. The number of unbranched alkanes of at least 4 members (excludes halogenated alkanes) is 1. The number of halogens is 2. The second-order valence-corrected chi connectivity index (χ2v) is 7.52. The molecule has 3 aromatic heterocycles. The largest absolute Gasteiger partial charge is 0.477 e. The summed E-state index contributed by atoms with van der Waals surface area (Å²) in [6.07, 6.45) is 4.79. The van der Waals surface area contributed by atoms with Crippen LogP contribution in [0.25, 0.3) is 17.1 Å². The van der Waals surface area contributed by atoms with E-state index in [0.717, 1.165) is 18.4 Å². The number of ether oxygens (including phenoxy) is 1. The summed E-state index contributed by atoms with van der Waals surface area (Å²) in [5.41, 5.74) is 2.52. The van der Waals surface area contributed by atoms with Gasteiger partial charge in [0, 0.05) is 24.8 Å². The highest BCUT2D eigenvalue weighted by Gasteiger charge is 2.17. The first kappa shape index (κ1) is 21.3. The SMILES string of the molecule is C=Cc1cc(Cl)cnc1OCCCCN(CC)C(=O)c1ccc2n[nH]c(Br)c2n1. The van der Waals surface area contributed by atoms with E-state index in [1.54, 1.807) is 35.4 Å². The second kappa shape index (κ2) is 9.84. The zero-order chi connectivity index (χ0) is 20.8. The highest BCUT2D eigenvalue weighted by Crippen LogP contribution is 2.21. The molecule has 0 fully saturated rings. The third-order valence-corrected chi connectivity index (χ3v) is 5.13. The summed E-state index contributed by atoms with van der Waals surface area (Å²) in [5.74, 6) is 0.410. The smallest absolute Gasteiger partial charge is 0.272 e. The Morgan fingerprint density at radius 1 is 1.41 bits per heavy atom. The van der Waals surface area contributed by atoms with Gasteiger partial charge in [-0.3, -0.25) is 9.89 Å². The zero-order valence-electron chi connectivity index (χ0n) is 16.0. The average molecular weight is 479 g/mol. The van der Waals surface area contributed by atoms with Crippen molar-refractivity contribution in [3.05, 3.63) is 51.9 Å². The van der Waals surface area contributed by atoms with E-state index < -0.39 is 0 Å². The lowest BCUT2D eigenvalue weighted by atomic mass is 10.2. The number of H-pyrrole nitrogens is 1. The molecule has 9 heteroatoms. The van der Waals surface area contributed by atoms with E-state index in [9.17, 15) is 4.79 Å². The number of nitrogens with zero attached hydrogens (tertiary/aromatic N) is 4. The van der Waals surface area contributed by atoms with Gasteiger partial charge in [-0.2, -0.15) is 5.10 Å². The van der Waals surface area contributed by atoms with Crippen molar-refractivity contribution in [3.63, 3.8) is 0 Å². The van der Waals surface area contributed by atoms with Crippen molar-refractivity contribution >= 4 is 50.5 Å². The number of aromatic amines is 1. The lowest BCUT2D eigenvalue weighted by molar-refractivity contribution is 0.0754. The Morgan fingerprint density at radius 3 is 3.00 bits per heavy atom. The van der Waals surface area contributed by atoms with Crippen LogP contribution in [0, 0.1) is 0 Å². The molecular weight excluding hydrogens is 458 g/mol. The normalized spacial score (nSPS) is 10.9. The van der Waals surface area contributed by atoms with Crippen molar-refractivity contribution in [2.75, 3.05) is 19.7 Å². The predicted octanol–water partition coefficient (Wildman–Crippen LogP) is 4.73. The molecule has 0 atom stereocenters. The van der Waals surface area contributed by atoms with Crippen LogP contribution in [-0.4, -0.2) is 50.7 Å². The number of aromatic nitrogens is 4. The minimum absolute atomic E-state index is 0.100. The molecule has 0 radical (unpaired) electrons. The summed E-state index contributed by atoms with van der Waals surface area (Å²) in [6, 6.07) is 5.25. The minimum atomic E-state index is -0.100. The van der Waals surface area contributed by atoms with Crippen LogP contribution in [0.4, 0.5) is 0 Å². The standard InChI is InChI=1S/C20H21BrClN5O2/c1-3-13-11-14(22)12-23-19(13)29-10-6-5-9-27(4-2)20(28)16-8-7-15-17(24-16)18(21)26-25-15/h3,7-8,11-12H,1,4-6,9-10H2,2H3,(H,25,26). The Labute approximate surface area is 182 Å². The van der Waals surface area contributed by atoms with Crippen LogP contribution >= 0.6 is 27.5 Å². The average Bonchev–Trinajstić information content (AvgIpc) is 3.11. The van der Waals surface area contributed by atoms with E-state index in [-0.39, 0.29) is 5.91 Å². The molecule has 152 valence electrons. The first-order valence-electron chi connectivity index (χ1n) is 9.24. The van der Waals surface area contributed by atoms with Crippen molar-refractivity contribution < 1.29 is 9.53 Å². The molecule has 3 rings (SSSR count). The van der Waals surface area contributed by atoms with Gasteiger partial charge >= 0.3 is 0 Å². The first-order valence-corrected chi connectivity index (χ1v) is 10.4. The second-order valence-electron chi connectivity index (χ2n) is 6.29. The van der Waals surface area contributed by atoms with Crippen molar-refractivity contribution in [2.45, 2.75) is 19.8 Å². The lowest BCUT2D eigenvalue weighted by Crippen LogP contribution is -2.32. The molecule has 0 aliphatic carbocycles. The van der Waals surface area contributed by atoms with Crippen LogP contribution in [0.1, 0.15) is 35.8 Å². The van der Waals surface area contributed by atoms with Crippen molar-refractivity contribution in [3.8, 4) is 5.88 Å². The molecule has 3 heterocycles. The van der Waals surface area contributed by atoms with E-state index in [0.29, 0.717) is 51.9 Å². The number of pyridine rings is 2. The maximum Gasteiger partial charge on any atom is 0.272 e. The molecular formula is C20H21BrClN5O2. The molecule has 0 bridgehead atoms. The number of hydrogen-bond acceptors (Lipinski definition) is 5. The van der Waals surface area contributed by atoms with Gasteiger partial charge in [0.2, 0.25) is 5.88 Å². The summed E-state index contributed by atoms with van der Waals surface area (Å²) in [6.45, 7) is 7.41. The van der Waals surface area contributed by atoms with Crippen LogP contribution in [0.2, 0.25) is 5.02 Å². The topological polar surface area (TPSA) is 84.0 Å². The Hall–Kier alpha value is -2.45. The fourth-order valence-corrected chi connectivity index (χ4v) is 3.38. The number of rotatable bonds is 9. The third kappa shape index (κ3) is 5.13. The molecule has 0 aliphatic heterocycles. The molecule has 29 heavy (non-hydrogen) atoms. The molecule has 0 aliphatic rings. The van der Waals surface area contributed by atoms with Gasteiger partial charge in [-0.1, -0.05) is 24.3 Å². The van der Waals surface area contributed by atoms with E-state index in [1.165, 1.54) is 0 Å². The summed E-state index contributed by atoms with van der Waals surface area (Å²) >= 11 is 9.29. The Morgan fingerprint density at radius 2 is 2.24 bits per heavy atom. The summed E-state index contributed by atoms with van der Waals surface area (Å²) < 4.78 is 6.39. The lowest BCUT2D eigenvalue weighted by Gasteiger charge is -2.20. The maximum absolute atomic E-state index is 12.8. The van der Waals surface area contributed by atoms with Crippen LogP contribution in [0.3, 0.4) is 0 Å². The maximum atomic E-state index is 12.8. The monoisotopic (exact) mass is 477 g/mol. The van der Waals surface area contributed by atoms with Crippen molar-refractivity contribution in [1.82, 2.24) is 25.1 Å². The predicted molar refractivity (Wildman–Crippen MR) is 117 cm³/mol. The van der Waals surface area contributed by atoms with Crippen LogP contribution in [0.5, 0.6) is 5.88 Å². The number of amides is 1. The molecule has 0 saturated heterocycles. The van der Waals surface area contributed by atoms with Crippen molar-refractivity contribution in [1.29, 1.82) is 0 Å². The fraction of sp³-hybridized carbons (Fsp3) is 0.300. The van der Waals surface area contributed by atoms with E-state index in [4.69, 9.17) is 16.3 Å². The molecule has 0 unspecified atom stereocenters. The first-order chi connectivity index (χ1) is 14.0. The third-order valence-electron chi connectivity index (χ3n) is 4.37. The van der Waals surface area contributed by atoms with Gasteiger partial charge in [-0.05, 0) is 53.9 Å². The summed E-state index contributed by atoms with van der Waals surface area (Å²) in [5, 5.41) is 7.45. The summed E-state index contributed by atoms with van der Waals surface area (Å²) in [4.78, 5) is 23.2. The van der Waals surface area contributed by atoms with Crippen molar-refractivity contribution in [2.24, 2.45) is 0 Å². The molecule has 0 saturated carbocycles. The fourth-order valence-electron chi connectivity index (χ4n) is 2.83. The van der Waals surface area contributed by atoms with Gasteiger partial charge in [-0.15, -0.1) is 0 Å². The number of hydrogen-bond donors (Lipinski definition) is 1. The number of fused-ring (bicyclic) bond motifs is 1. The molecule has 1 N–H and O–H groups in total. The number of nitrogens with one attached hydrogen (secondary N) is 1. The molecule has 7 nitrogen and oxygen atoms in total. The van der Waals surface area contributed by atoms with Gasteiger partial charge in [-0.25, -0.2) is 9.97 Å². The van der Waals surface area contributed by atoms with E-state index in [2.05, 4.69) is 42.7 Å². The number of carbonyl (C=O) groups is 1. The highest BCUT2D eigenvalue weighted by molar-refractivity contribution is 9.10. The Bertz CT molecular complexity index is 1020. The quantitative estimate of drug-likeness (QED) is 0.449. The van der Waals surface area contributed by atoms with E-state index >= 15 is 0 Å². The molecule has 3 aromatic rings. The molecule has 0 aromatic carbocycles. The van der Waals surface area contributed by atoms with E-state index in [1.807, 2.05) is 6.92 Å². The van der Waals surface area contributed by atoms with Crippen LogP contribution in [-0.2, 0) is 0 Å². The van der Waals surface area contributed by atoms with Gasteiger partial charge in [0.25, 0.3) is 5.91 Å². The van der Waals surface area contributed by atoms with Gasteiger partial charge in [0.15, 0.2) is 0 Å². The van der Waals surface area contributed by atoms with Gasteiger partial charge in [0.05, 0.1) is 11.6 Å².